The number of hydrogen-bond donors (Lipinski definition) is 1. The average Bonchev–Trinajstić information content (AvgIpc) is 2.96. The maximum Gasteiger partial charge on any atom is 0.338 e. The molecule has 0 spiro atoms. The molecule has 0 aliphatic carbocycles. The van der Waals surface area contributed by atoms with Gasteiger partial charge in [-0.25, -0.2) is 4.79 Å². The van der Waals surface area contributed by atoms with Gasteiger partial charge in [-0.1, -0.05) is 18.2 Å². The molecule has 0 aliphatic rings. The van der Waals surface area contributed by atoms with E-state index in [1.807, 2.05) is 36.4 Å². The van der Waals surface area contributed by atoms with E-state index in [1.165, 1.54) is 6.92 Å². The van der Waals surface area contributed by atoms with Crippen LogP contribution in [0.2, 0.25) is 0 Å². The molecule has 25 heavy (non-hydrogen) atoms. The zero-order valence-corrected chi connectivity index (χ0v) is 14.2. The summed E-state index contributed by atoms with van der Waals surface area (Å²) in [5.74, 6) is -0.151. The summed E-state index contributed by atoms with van der Waals surface area (Å²) in [7, 11) is 0. The zero-order valence-electron chi connectivity index (χ0n) is 14.2. The summed E-state index contributed by atoms with van der Waals surface area (Å²) in [6.45, 7) is 3.51. The molecule has 0 saturated heterocycles. The van der Waals surface area contributed by atoms with Gasteiger partial charge < -0.3 is 14.5 Å². The first-order chi connectivity index (χ1) is 12.1. The number of hydrogen-bond acceptors (Lipinski definition) is 4. The van der Waals surface area contributed by atoms with Crippen molar-refractivity contribution in [2.45, 2.75) is 20.3 Å². The largest absolute Gasteiger partial charge is 0.462 e. The van der Waals surface area contributed by atoms with Crippen molar-refractivity contribution in [1.82, 2.24) is 4.98 Å². The Kier molecular flexibility index (Phi) is 4.84. The summed E-state index contributed by atoms with van der Waals surface area (Å²) in [4.78, 5) is 26.5. The first kappa shape index (κ1) is 16.8. The molecule has 1 heterocycles. The number of benzene rings is 2. The molecule has 1 N–H and O–H groups in total. The molecule has 0 fully saturated rings. The summed E-state index contributed by atoms with van der Waals surface area (Å²) in [5, 5.41) is 0.947. The van der Waals surface area contributed by atoms with Crippen LogP contribution in [0.4, 0.5) is 0 Å². The lowest BCUT2D eigenvalue weighted by Gasteiger charge is -2.07. The van der Waals surface area contributed by atoms with Crippen LogP contribution in [-0.4, -0.2) is 23.5 Å². The molecule has 1 aromatic heterocycles. The second kappa shape index (κ2) is 7.21. The Morgan fingerprint density at radius 3 is 2.64 bits per heavy atom. The van der Waals surface area contributed by atoms with Crippen molar-refractivity contribution in [3.8, 4) is 5.75 Å². The minimum absolute atomic E-state index is 0.314. The summed E-state index contributed by atoms with van der Waals surface area (Å²) < 4.78 is 10.2. The maximum atomic E-state index is 12.1. The lowest BCUT2D eigenvalue weighted by molar-refractivity contribution is -0.131. The van der Waals surface area contributed by atoms with Gasteiger partial charge in [-0.3, -0.25) is 4.79 Å². The molecule has 3 aromatic rings. The van der Waals surface area contributed by atoms with E-state index in [2.05, 4.69) is 4.98 Å². The molecule has 0 bridgehead atoms. The first-order valence-electron chi connectivity index (χ1n) is 8.12. The fourth-order valence-electron chi connectivity index (χ4n) is 2.78. The topological polar surface area (TPSA) is 68.4 Å². The number of fused-ring (bicyclic) bond motifs is 1. The van der Waals surface area contributed by atoms with E-state index in [4.69, 9.17) is 9.47 Å². The van der Waals surface area contributed by atoms with Crippen molar-refractivity contribution >= 4 is 22.8 Å². The van der Waals surface area contributed by atoms with Crippen LogP contribution >= 0.6 is 0 Å². The van der Waals surface area contributed by atoms with Gasteiger partial charge in [0.2, 0.25) is 0 Å². The molecule has 0 saturated carbocycles. The first-order valence-corrected chi connectivity index (χ1v) is 8.12. The van der Waals surface area contributed by atoms with E-state index in [9.17, 15) is 9.59 Å². The van der Waals surface area contributed by atoms with Gasteiger partial charge in [0.05, 0.1) is 12.2 Å². The molecule has 0 radical (unpaired) electrons. The number of H-pyrrole nitrogens is 1. The molecule has 5 heteroatoms. The van der Waals surface area contributed by atoms with Crippen LogP contribution < -0.4 is 4.74 Å². The van der Waals surface area contributed by atoms with Crippen LogP contribution in [0, 0.1) is 0 Å². The van der Waals surface area contributed by atoms with Crippen molar-refractivity contribution in [3.05, 3.63) is 65.4 Å². The van der Waals surface area contributed by atoms with Crippen LogP contribution in [0.5, 0.6) is 5.75 Å². The van der Waals surface area contributed by atoms with E-state index in [0.29, 0.717) is 24.3 Å². The Morgan fingerprint density at radius 1 is 1.08 bits per heavy atom. The predicted octanol–water partition coefficient (Wildman–Crippen LogP) is 3.86. The van der Waals surface area contributed by atoms with Crippen molar-refractivity contribution in [1.29, 1.82) is 0 Å². The Bertz CT molecular complexity index is 926. The van der Waals surface area contributed by atoms with Gasteiger partial charge in [0.15, 0.2) is 0 Å². The lowest BCUT2D eigenvalue weighted by atomic mass is 10.0. The van der Waals surface area contributed by atoms with E-state index in [0.717, 1.165) is 22.2 Å². The van der Waals surface area contributed by atoms with Crippen LogP contribution in [0.1, 0.15) is 35.5 Å². The maximum absolute atomic E-state index is 12.1. The molecule has 128 valence electrons. The number of aromatic amines is 1. The van der Waals surface area contributed by atoms with Crippen molar-refractivity contribution in [3.63, 3.8) is 0 Å². The van der Waals surface area contributed by atoms with E-state index in [1.54, 1.807) is 19.1 Å². The highest BCUT2D eigenvalue weighted by Crippen LogP contribution is 2.24. The lowest BCUT2D eigenvalue weighted by Crippen LogP contribution is -2.08. The van der Waals surface area contributed by atoms with E-state index < -0.39 is 0 Å². The number of nitrogens with one attached hydrogen (secondary N) is 1. The minimum atomic E-state index is -0.349. The van der Waals surface area contributed by atoms with Crippen molar-refractivity contribution in [2.75, 3.05) is 6.61 Å². The van der Waals surface area contributed by atoms with Crippen LogP contribution in [-0.2, 0) is 16.0 Å². The highest BCUT2D eigenvalue weighted by atomic mass is 16.5. The monoisotopic (exact) mass is 337 g/mol. The van der Waals surface area contributed by atoms with Crippen LogP contribution in [0.3, 0.4) is 0 Å². The van der Waals surface area contributed by atoms with Crippen molar-refractivity contribution in [2.24, 2.45) is 0 Å². The third-order valence-corrected chi connectivity index (χ3v) is 3.80. The summed E-state index contributed by atoms with van der Waals surface area (Å²) in [6, 6.07) is 14.8. The second-order valence-corrected chi connectivity index (χ2v) is 5.69. The molecule has 0 aliphatic heterocycles. The van der Waals surface area contributed by atoms with Gasteiger partial charge in [-0.15, -0.1) is 0 Å². The second-order valence-electron chi connectivity index (χ2n) is 5.69. The third-order valence-electron chi connectivity index (χ3n) is 3.80. The third kappa shape index (κ3) is 3.88. The fraction of sp³-hybridized carbons (Fsp3) is 0.200. The summed E-state index contributed by atoms with van der Waals surface area (Å²) in [5.41, 5.74) is 3.38. The highest BCUT2D eigenvalue weighted by molar-refractivity contribution is 5.91. The van der Waals surface area contributed by atoms with Crippen LogP contribution in [0.25, 0.3) is 10.9 Å². The minimum Gasteiger partial charge on any atom is -0.462 e. The van der Waals surface area contributed by atoms with E-state index >= 15 is 0 Å². The van der Waals surface area contributed by atoms with Gasteiger partial charge in [-0.05, 0) is 42.8 Å². The number of esters is 2. The van der Waals surface area contributed by atoms with Gasteiger partial charge >= 0.3 is 11.9 Å². The highest BCUT2D eigenvalue weighted by Gasteiger charge is 2.13. The Hall–Kier alpha value is -3.08. The number of ether oxygens (including phenoxy) is 2. The molecular weight excluding hydrogens is 318 g/mol. The summed E-state index contributed by atoms with van der Waals surface area (Å²) >= 11 is 0. The number of carbonyl (C=O) groups excluding carboxylic acids is 2. The summed E-state index contributed by atoms with van der Waals surface area (Å²) in [6.07, 6.45) is 0.576. The zero-order chi connectivity index (χ0) is 17.8. The SMILES string of the molecule is CCOC(=O)c1ccccc1Cc1cc2cc(OC(C)=O)ccc2[nH]1. The Morgan fingerprint density at radius 2 is 1.88 bits per heavy atom. The molecular formula is C20H19NO4. The Labute approximate surface area is 145 Å². The molecule has 2 aromatic carbocycles. The molecule has 0 amide bonds. The smallest absolute Gasteiger partial charge is 0.338 e. The number of rotatable bonds is 5. The molecule has 5 nitrogen and oxygen atoms in total. The average molecular weight is 337 g/mol. The molecule has 3 rings (SSSR count). The number of aromatic nitrogens is 1. The Balaban J connectivity index is 1.88. The van der Waals surface area contributed by atoms with Gasteiger partial charge in [0.1, 0.15) is 5.75 Å². The standard InChI is InChI=1S/C20H19NO4/c1-3-24-20(23)18-7-5-4-6-14(18)10-16-11-15-12-17(25-13(2)22)8-9-19(15)21-16/h4-9,11-12,21H,3,10H2,1-2H3. The quantitative estimate of drug-likeness (QED) is 0.567. The number of carbonyl (C=O) groups is 2. The van der Waals surface area contributed by atoms with Crippen molar-refractivity contribution < 1.29 is 19.1 Å². The van der Waals surface area contributed by atoms with Gasteiger partial charge in [0, 0.05) is 29.9 Å². The predicted molar refractivity (Wildman–Crippen MR) is 94.8 cm³/mol. The van der Waals surface area contributed by atoms with Gasteiger partial charge in [-0.2, -0.15) is 0 Å². The molecule has 0 unspecified atom stereocenters. The van der Waals surface area contributed by atoms with E-state index in [-0.39, 0.29) is 11.9 Å². The molecule has 0 atom stereocenters. The normalized spacial score (nSPS) is 10.6. The van der Waals surface area contributed by atoms with Gasteiger partial charge in [0.25, 0.3) is 0 Å². The fourth-order valence-corrected chi connectivity index (χ4v) is 2.78. The van der Waals surface area contributed by atoms with Crippen LogP contribution in [0.15, 0.2) is 48.5 Å².